The van der Waals surface area contributed by atoms with Crippen molar-refractivity contribution < 1.29 is 27.5 Å². The molecule has 0 unspecified atom stereocenters. The fraction of sp³-hybridized carbons (Fsp3) is 0.333. The summed E-state index contributed by atoms with van der Waals surface area (Å²) < 4.78 is 39.7. The SMILES string of the molecule is CC(=O)Nc1ccc(C(=O)COCC(F)(F)F)cc1. The average Bonchev–Trinajstić information content (AvgIpc) is 2.27. The molecule has 1 aromatic carbocycles. The van der Waals surface area contributed by atoms with E-state index in [1.54, 1.807) is 0 Å². The van der Waals surface area contributed by atoms with Gasteiger partial charge < -0.3 is 10.1 Å². The fourth-order valence-corrected chi connectivity index (χ4v) is 1.29. The van der Waals surface area contributed by atoms with Gasteiger partial charge in [0.2, 0.25) is 5.91 Å². The van der Waals surface area contributed by atoms with Gasteiger partial charge in [-0.15, -0.1) is 0 Å². The predicted molar refractivity (Wildman–Crippen MR) is 62.0 cm³/mol. The Balaban J connectivity index is 2.51. The van der Waals surface area contributed by atoms with Crippen molar-refractivity contribution in [1.29, 1.82) is 0 Å². The second-order valence-electron chi connectivity index (χ2n) is 3.79. The fourth-order valence-electron chi connectivity index (χ4n) is 1.29. The number of Topliss-reactive ketones (excluding diaryl/α,β-unsaturated/α-hetero) is 1. The van der Waals surface area contributed by atoms with Gasteiger partial charge in [-0.05, 0) is 24.3 Å². The van der Waals surface area contributed by atoms with Crippen LogP contribution in [0.1, 0.15) is 17.3 Å². The van der Waals surface area contributed by atoms with Crippen LogP contribution in [0.25, 0.3) is 0 Å². The minimum atomic E-state index is -4.45. The maximum Gasteiger partial charge on any atom is 0.411 e. The van der Waals surface area contributed by atoms with E-state index in [-0.39, 0.29) is 11.5 Å². The molecule has 1 amide bonds. The van der Waals surface area contributed by atoms with Gasteiger partial charge in [-0.2, -0.15) is 13.2 Å². The number of alkyl halides is 3. The van der Waals surface area contributed by atoms with Crippen molar-refractivity contribution in [3.05, 3.63) is 29.8 Å². The van der Waals surface area contributed by atoms with Gasteiger partial charge >= 0.3 is 6.18 Å². The topological polar surface area (TPSA) is 55.4 Å². The summed E-state index contributed by atoms with van der Waals surface area (Å²) in [7, 11) is 0. The van der Waals surface area contributed by atoms with Gasteiger partial charge in [0.05, 0.1) is 0 Å². The first kappa shape index (κ1) is 15.2. The number of hydrogen-bond donors (Lipinski definition) is 1. The molecule has 0 atom stereocenters. The van der Waals surface area contributed by atoms with Gasteiger partial charge in [-0.3, -0.25) is 9.59 Å². The maximum atomic E-state index is 11.8. The summed E-state index contributed by atoms with van der Waals surface area (Å²) in [5.41, 5.74) is 0.719. The molecule has 0 radical (unpaired) electrons. The number of hydrogen-bond acceptors (Lipinski definition) is 3. The molecule has 0 aliphatic carbocycles. The minimum absolute atomic E-state index is 0.219. The Labute approximate surface area is 107 Å². The van der Waals surface area contributed by atoms with Crippen molar-refractivity contribution in [3.8, 4) is 0 Å². The molecule has 0 fully saturated rings. The van der Waals surface area contributed by atoms with E-state index in [4.69, 9.17) is 0 Å². The third-order valence-electron chi connectivity index (χ3n) is 2.03. The number of carbonyl (C=O) groups is 2. The van der Waals surface area contributed by atoms with E-state index in [0.29, 0.717) is 5.69 Å². The Morgan fingerprint density at radius 3 is 2.26 bits per heavy atom. The van der Waals surface area contributed by atoms with Gasteiger partial charge in [0.25, 0.3) is 0 Å². The Morgan fingerprint density at radius 1 is 1.21 bits per heavy atom. The highest BCUT2D eigenvalue weighted by Gasteiger charge is 2.27. The standard InChI is InChI=1S/C12H12F3NO3/c1-8(17)16-10-4-2-9(3-5-10)11(18)6-19-7-12(13,14)15/h2-5H,6-7H2,1H3,(H,16,17). The number of benzene rings is 1. The molecule has 104 valence electrons. The van der Waals surface area contributed by atoms with Crippen LogP contribution in [0.5, 0.6) is 0 Å². The maximum absolute atomic E-state index is 11.8. The van der Waals surface area contributed by atoms with Gasteiger partial charge in [0.15, 0.2) is 5.78 Å². The smallest absolute Gasteiger partial charge is 0.364 e. The third-order valence-corrected chi connectivity index (χ3v) is 2.03. The zero-order valence-electron chi connectivity index (χ0n) is 10.1. The van der Waals surface area contributed by atoms with Crippen molar-refractivity contribution in [2.75, 3.05) is 18.5 Å². The Bertz CT molecular complexity index is 454. The number of halogens is 3. The molecule has 1 aromatic rings. The number of nitrogens with one attached hydrogen (secondary N) is 1. The second kappa shape index (κ2) is 6.33. The first-order valence-electron chi connectivity index (χ1n) is 5.33. The summed E-state index contributed by atoms with van der Waals surface area (Å²) in [4.78, 5) is 22.2. The van der Waals surface area contributed by atoms with E-state index in [0.717, 1.165) is 0 Å². The van der Waals surface area contributed by atoms with E-state index in [1.165, 1.54) is 31.2 Å². The molecule has 0 saturated heterocycles. The summed E-state index contributed by atoms with van der Waals surface area (Å²) in [5.74, 6) is -0.814. The first-order valence-corrected chi connectivity index (χ1v) is 5.33. The minimum Gasteiger partial charge on any atom is -0.364 e. The van der Waals surface area contributed by atoms with Crippen LogP contribution in [0.2, 0.25) is 0 Å². The third kappa shape index (κ3) is 6.01. The van der Waals surface area contributed by atoms with Crippen LogP contribution in [0.15, 0.2) is 24.3 Å². The Morgan fingerprint density at radius 2 is 1.79 bits per heavy atom. The zero-order valence-corrected chi connectivity index (χ0v) is 10.1. The predicted octanol–water partition coefficient (Wildman–Crippen LogP) is 2.41. The lowest BCUT2D eigenvalue weighted by atomic mass is 10.1. The summed E-state index contributed by atoms with van der Waals surface area (Å²) >= 11 is 0. The van der Waals surface area contributed by atoms with Crippen molar-refractivity contribution >= 4 is 17.4 Å². The van der Waals surface area contributed by atoms with Crippen molar-refractivity contribution in [3.63, 3.8) is 0 Å². The molecular weight excluding hydrogens is 263 g/mol. The number of ether oxygens (including phenoxy) is 1. The number of amides is 1. The summed E-state index contributed by atoms with van der Waals surface area (Å²) in [6.45, 7) is -0.758. The lowest BCUT2D eigenvalue weighted by Gasteiger charge is -2.07. The monoisotopic (exact) mass is 275 g/mol. The molecule has 0 aliphatic heterocycles. The van der Waals surface area contributed by atoms with E-state index in [2.05, 4.69) is 10.1 Å². The van der Waals surface area contributed by atoms with Gasteiger partial charge in [-0.25, -0.2) is 0 Å². The van der Waals surface area contributed by atoms with Gasteiger partial charge in [0.1, 0.15) is 13.2 Å². The Hall–Kier alpha value is -1.89. The molecule has 7 heteroatoms. The molecule has 0 aliphatic rings. The number of carbonyl (C=O) groups excluding carboxylic acids is 2. The normalized spacial score (nSPS) is 11.2. The highest BCUT2D eigenvalue weighted by molar-refractivity contribution is 5.97. The van der Waals surface area contributed by atoms with Crippen LogP contribution >= 0.6 is 0 Å². The average molecular weight is 275 g/mol. The molecule has 1 N–H and O–H groups in total. The van der Waals surface area contributed by atoms with E-state index in [1.807, 2.05) is 0 Å². The molecular formula is C12H12F3NO3. The van der Waals surface area contributed by atoms with E-state index >= 15 is 0 Å². The molecule has 19 heavy (non-hydrogen) atoms. The largest absolute Gasteiger partial charge is 0.411 e. The molecule has 4 nitrogen and oxygen atoms in total. The number of ketones is 1. The van der Waals surface area contributed by atoms with Crippen molar-refractivity contribution in [1.82, 2.24) is 0 Å². The number of anilines is 1. The van der Waals surface area contributed by atoms with Crippen LogP contribution in [-0.2, 0) is 9.53 Å². The Kier molecular flexibility index (Phi) is 5.05. The quantitative estimate of drug-likeness (QED) is 0.839. The zero-order chi connectivity index (χ0) is 14.5. The van der Waals surface area contributed by atoms with Crippen LogP contribution < -0.4 is 5.32 Å². The lowest BCUT2D eigenvalue weighted by molar-refractivity contribution is -0.170. The summed E-state index contributed by atoms with van der Waals surface area (Å²) in [5, 5.41) is 2.50. The van der Waals surface area contributed by atoms with Crippen molar-refractivity contribution in [2.45, 2.75) is 13.1 Å². The molecule has 0 heterocycles. The first-order chi connectivity index (χ1) is 8.78. The molecule has 1 rings (SSSR count). The molecule has 0 spiro atoms. The van der Waals surface area contributed by atoms with Gasteiger partial charge in [0, 0.05) is 18.2 Å². The molecule has 0 bridgehead atoms. The molecule has 0 aromatic heterocycles. The highest BCUT2D eigenvalue weighted by Crippen LogP contribution is 2.15. The van der Waals surface area contributed by atoms with E-state index in [9.17, 15) is 22.8 Å². The lowest BCUT2D eigenvalue weighted by Crippen LogP contribution is -2.20. The van der Waals surface area contributed by atoms with Crippen LogP contribution in [0.3, 0.4) is 0 Å². The van der Waals surface area contributed by atoms with Crippen molar-refractivity contribution in [2.24, 2.45) is 0 Å². The highest BCUT2D eigenvalue weighted by atomic mass is 19.4. The number of rotatable bonds is 5. The summed E-state index contributed by atoms with van der Waals surface area (Å²) in [6, 6.07) is 5.78. The second-order valence-corrected chi connectivity index (χ2v) is 3.79. The van der Waals surface area contributed by atoms with Crippen LogP contribution in [-0.4, -0.2) is 31.1 Å². The van der Waals surface area contributed by atoms with Gasteiger partial charge in [-0.1, -0.05) is 0 Å². The summed E-state index contributed by atoms with van der Waals surface area (Å²) in [6.07, 6.45) is -4.45. The van der Waals surface area contributed by atoms with Crippen LogP contribution in [0, 0.1) is 0 Å². The molecule has 0 saturated carbocycles. The van der Waals surface area contributed by atoms with Crippen LogP contribution in [0.4, 0.5) is 18.9 Å². The van der Waals surface area contributed by atoms with E-state index < -0.39 is 25.2 Å².